The predicted octanol–water partition coefficient (Wildman–Crippen LogP) is 2.64. The Hall–Kier alpha value is -2.60. The highest BCUT2D eigenvalue weighted by molar-refractivity contribution is 6.29. The Bertz CT molecular complexity index is 816. The van der Waals surface area contributed by atoms with Gasteiger partial charge in [-0.15, -0.1) is 0 Å². The predicted molar refractivity (Wildman–Crippen MR) is 78.9 cm³/mol. The Morgan fingerprint density at radius 1 is 1.29 bits per heavy atom. The summed E-state index contributed by atoms with van der Waals surface area (Å²) in [6.45, 7) is 0. The van der Waals surface area contributed by atoms with Crippen LogP contribution in [0.3, 0.4) is 0 Å². The van der Waals surface area contributed by atoms with Crippen LogP contribution in [0.25, 0.3) is 5.65 Å². The molecule has 7 heteroatoms. The van der Waals surface area contributed by atoms with E-state index in [1.165, 1.54) is 11.6 Å². The Morgan fingerprint density at radius 3 is 2.90 bits per heavy atom. The molecular weight excluding hydrogens is 292 g/mol. The third kappa shape index (κ3) is 2.66. The highest BCUT2D eigenvalue weighted by Gasteiger charge is 2.13. The summed E-state index contributed by atoms with van der Waals surface area (Å²) in [5, 5.41) is 7.11. The molecule has 2 aromatic heterocycles. The minimum Gasteiger partial charge on any atom is -0.496 e. The van der Waals surface area contributed by atoms with Crippen LogP contribution in [0.4, 0.5) is 5.82 Å². The van der Waals surface area contributed by atoms with Gasteiger partial charge in [-0.25, -0.2) is 9.50 Å². The number of methoxy groups -OCH3 is 1. The number of halogens is 1. The fourth-order valence-corrected chi connectivity index (χ4v) is 2.08. The van der Waals surface area contributed by atoms with Crippen molar-refractivity contribution in [2.45, 2.75) is 0 Å². The molecule has 0 radical (unpaired) electrons. The van der Waals surface area contributed by atoms with Crippen LogP contribution < -0.4 is 10.1 Å². The lowest BCUT2D eigenvalue weighted by atomic mass is 10.2. The van der Waals surface area contributed by atoms with Crippen molar-refractivity contribution in [3.63, 3.8) is 0 Å². The number of ether oxygens (including phenoxy) is 1. The molecule has 3 aromatic rings. The standard InChI is InChI=1S/C14H11ClN4O2/c1-21-10-5-3-2-4-9(10)14(20)17-12-8-19-13(16-12)7-6-11(15)18-19/h2-8H,1H3,(H,17,20). The van der Waals surface area contributed by atoms with E-state index in [0.717, 1.165) is 0 Å². The molecule has 0 aliphatic carbocycles. The average molecular weight is 303 g/mol. The van der Waals surface area contributed by atoms with E-state index in [1.54, 1.807) is 42.6 Å². The van der Waals surface area contributed by atoms with Crippen LogP contribution >= 0.6 is 11.6 Å². The molecule has 106 valence electrons. The van der Waals surface area contributed by atoms with E-state index < -0.39 is 0 Å². The first-order chi connectivity index (χ1) is 10.2. The van der Waals surface area contributed by atoms with Crippen molar-refractivity contribution in [1.82, 2.24) is 14.6 Å². The van der Waals surface area contributed by atoms with Gasteiger partial charge in [0.15, 0.2) is 11.5 Å². The molecular formula is C14H11ClN4O2. The van der Waals surface area contributed by atoms with Gasteiger partial charge < -0.3 is 10.1 Å². The van der Waals surface area contributed by atoms with Crippen LogP contribution in [0.15, 0.2) is 42.6 Å². The number of imidazole rings is 1. The smallest absolute Gasteiger partial charge is 0.260 e. The maximum Gasteiger partial charge on any atom is 0.260 e. The summed E-state index contributed by atoms with van der Waals surface area (Å²) in [6, 6.07) is 10.3. The lowest BCUT2D eigenvalue weighted by molar-refractivity contribution is 0.102. The van der Waals surface area contributed by atoms with Crippen molar-refractivity contribution in [3.8, 4) is 5.75 Å². The van der Waals surface area contributed by atoms with Crippen LogP contribution in [0.1, 0.15) is 10.4 Å². The van der Waals surface area contributed by atoms with E-state index in [4.69, 9.17) is 16.3 Å². The first-order valence-electron chi connectivity index (χ1n) is 6.13. The number of benzene rings is 1. The van der Waals surface area contributed by atoms with Gasteiger partial charge in [-0.05, 0) is 24.3 Å². The second-order valence-corrected chi connectivity index (χ2v) is 4.63. The van der Waals surface area contributed by atoms with Crippen molar-refractivity contribution >= 4 is 29.0 Å². The van der Waals surface area contributed by atoms with Gasteiger partial charge >= 0.3 is 0 Å². The number of carbonyl (C=O) groups is 1. The minimum absolute atomic E-state index is 0.304. The number of rotatable bonds is 3. The highest BCUT2D eigenvalue weighted by Crippen LogP contribution is 2.19. The van der Waals surface area contributed by atoms with Crippen LogP contribution in [0.5, 0.6) is 5.75 Å². The van der Waals surface area contributed by atoms with Gasteiger partial charge in [0.1, 0.15) is 10.9 Å². The van der Waals surface area contributed by atoms with Crippen LogP contribution in [0.2, 0.25) is 5.15 Å². The molecule has 0 aliphatic heterocycles. The molecule has 0 unspecified atom stereocenters. The number of carbonyl (C=O) groups excluding carboxylic acids is 1. The monoisotopic (exact) mass is 302 g/mol. The minimum atomic E-state index is -0.304. The zero-order chi connectivity index (χ0) is 14.8. The maximum absolute atomic E-state index is 12.3. The topological polar surface area (TPSA) is 68.5 Å². The van der Waals surface area contributed by atoms with Crippen LogP contribution in [0, 0.1) is 0 Å². The van der Waals surface area contributed by atoms with E-state index in [2.05, 4.69) is 15.4 Å². The molecule has 0 bridgehead atoms. The van der Waals surface area contributed by atoms with Gasteiger partial charge in [-0.1, -0.05) is 23.7 Å². The molecule has 3 rings (SSSR count). The van der Waals surface area contributed by atoms with Crippen molar-refractivity contribution in [2.24, 2.45) is 0 Å². The zero-order valence-electron chi connectivity index (χ0n) is 11.1. The second kappa shape index (κ2) is 5.41. The Labute approximate surface area is 125 Å². The van der Waals surface area contributed by atoms with Crippen molar-refractivity contribution < 1.29 is 9.53 Å². The fourth-order valence-electron chi connectivity index (χ4n) is 1.93. The number of hydrogen-bond acceptors (Lipinski definition) is 4. The average Bonchev–Trinajstić information content (AvgIpc) is 2.88. The van der Waals surface area contributed by atoms with Gasteiger partial charge in [0, 0.05) is 0 Å². The number of anilines is 1. The van der Waals surface area contributed by atoms with Gasteiger partial charge in [0.05, 0.1) is 18.9 Å². The lowest BCUT2D eigenvalue weighted by Crippen LogP contribution is -2.13. The van der Waals surface area contributed by atoms with Crippen molar-refractivity contribution in [1.29, 1.82) is 0 Å². The van der Waals surface area contributed by atoms with Gasteiger partial charge in [-0.3, -0.25) is 4.79 Å². The van der Waals surface area contributed by atoms with E-state index in [-0.39, 0.29) is 5.91 Å². The Morgan fingerprint density at radius 2 is 2.10 bits per heavy atom. The summed E-state index contributed by atoms with van der Waals surface area (Å²) >= 11 is 5.81. The van der Waals surface area contributed by atoms with Gasteiger partial charge in [-0.2, -0.15) is 5.10 Å². The molecule has 1 amide bonds. The normalized spacial score (nSPS) is 10.6. The summed E-state index contributed by atoms with van der Waals surface area (Å²) in [6.07, 6.45) is 1.59. The molecule has 2 heterocycles. The van der Waals surface area contributed by atoms with E-state index in [0.29, 0.717) is 27.9 Å². The fraction of sp³-hybridized carbons (Fsp3) is 0.0714. The summed E-state index contributed by atoms with van der Waals surface area (Å²) in [7, 11) is 1.52. The van der Waals surface area contributed by atoms with Gasteiger partial charge in [0.2, 0.25) is 0 Å². The first kappa shape index (κ1) is 13.4. The third-order valence-corrected chi connectivity index (χ3v) is 3.08. The molecule has 0 fully saturated rings. The molecule has 0 spiro atoms. The Balaban J connectivity index is 1.89. The molecule has 1 N–H and O–H groups in total. The number of nitrogens with one attached hydrogen (secondary N) is 1. The number of amides is 1. The van der Waals surface area contributed by atoms with Crippen LogP contribution in [-0.2, 0) is 0 Å². The number of aromatic nitrogens is 3. The van der Waals surface area contributed by atoms with E-state index in [1.807, 2.05) is 0 Å². The van der Waals surface area contributed by atoms with Crippen molar-refractivity contribution in [2.75, 3.05) is 12.4 Å². The third-order valence-electron chi connectivity index (χ3n) is 2.88. The van der Waals surface area contributed by atoms with E-state index >= 15 is 0 Å². The van der Waals surface area contributed by atoms with Gasteiger partial charge in [0.25, 0.3) is 5.91 Å². The maximum atomic E-state index is 12.3. The second-order valence-electron chi connectivity index (χ2n) is 4.24. The van der Waals surface area contributed by atoms with Crippen molar-refractivity contribution in [3.05, 3.63) is 53.3 Å². The number of fused-ring (bicyclic) bond motifs is 1. The lowest BCUT2D eigenvalue weighted by Gasteiger charge is -2.06. The number of nitrogens with zero attached hydrogens (tertiary/aromatic N) is 3. The Kier molecular flexibility index (Phi) is 3.45. The summed E-state index contributed by atoms with van der Waals surface area (Å²) in [4.78, 5) is 16.5. The van der Waals surface area contributed by atoms with E-state index in [9.17, 15) is 4.79 Å². The zero-order valence-corrected chi connectivity index (χ0v) is 11.8. The molecule has 1 aromatic carbocycles. The number of para-hydroxylation sites is 1. The molecule has 0 atom stereocenters. The molecule has 6 nitrogen and oxygen atoms in total. The molecule has 0 saturated heterocycles. The molecule has 0 aliphatic rings. The highest BCUT2D eigenvalue weighted by atomic mass is 35.5. The molecule has 0 saturated carbocycles. The molecule has 21 heavy (non-hydrogen) atoms. The summed E-state index contributed by atoms with van der Waals surface area (Å²) < 4.78 is 6.66. The number of hydrogen-bond donors (Lipinski definition) is 1. The summed E-state index contributed by atoms with van der Waals surface area (Å²) in [5.41, 5.74) is 1.03. The quantitative estimate of drug-likeness (QED) is 0.807. The van der Waals surface area contributed by atoms with Crippen LogP contribution in [-0.4, -0.2) is 27.6 Å². The largest absolute Gasteiger partial charge is 0.496 e. The first-order valence-corrected chi connectivity index (χ1v) is 6.51. The summed E-state index contributed by atoms with van der Waals surface area (Å²) in [5.74, 6) is 0.586. The SMILES string of the molecule is COc1ccccc1C(=O)Nc1cn2nc(Cl)ccc2n1.